The Labute approximate surface area is 187 Å². The molecule has 0 heterocycles. The summed E-state index contributed by atoms with van der Waals surface area (Å²) in [5.41, 5.74) is 0.827. The Morgan fingerprint density at radius 1 is 1.07 bits per heavy atom. The molecule has 7 heteroatoms. The molecule has 1 unspecified atom stereocenters. The van der Waals surface area contributed by atoms with Crippen LogP contribution in [-0.2, 0) is 22.6 Å². The van der Waals surface area contributed by atoms with E-state index >= 15 is 0 Å². The number of hydrogen-bond acceptors (Lipinski definition) is 2. The van der Waals surface area contributed by atoms with Crippen LogP contribution in [0, 0.1) is 11.7 Å². The number of amides is 2. The smallest absolute Gasteiger partial charge is 0.242 e. The zero-order valence-electron chi connectivity index (χ0n) is 17.4. The molecule has 4 nitrogen and oxygen atoms in total. The molecular weight excluding hydrogens is 426 g/mol. The third-order valence-corrected chi connectivity index (χ3v) is 5.48. The van der Waals surface area contributed by atoms with Crippen molar-refractivity contribution in [2.75, 3.05) is 6.54 Å². The van der Waals surface area contributed by atoms with E-state index in [1.54, 1.807) is 18.2 Å². The first-order valence-electron chi connectivity index (χ1n) is 9.98. The molecule has 1 N–H and O–H groups in total. The van der Waals surface area contributed by atoms with Crippen LogP contribution >= 0.6 is 23.2 Å². The van der Waals surface area contributed by atoms with Crippen molar-refractivity contribution in [2.45, 2.75) is 46.2 Å². The summed E-state index contributed by atoms with van der Waals surface area (Å²) >= 11 is 12.4. The number of carbonyl (C=O) groups is 2. The topological polar surface area (TPSA) is 49.4 Å². The molecule has 162 valence electrons. The largest absolute Gasteiger partial charge is 0.354 e. The molecule has 2 aromatic rings. The van der Waals surface area contributed by atoms with E-state index in [-0.39, 0.29) is 35.4 Å². The molecule has 0 aliphatic carbocycles. The molecule has 0 fully saturated rings. The van der Waals surface area contributed by atoms with Crippen molar-refractivity contribution in [3.05, 3.63) is 69.5 Å². The van der Waals surface area contributed by atoms with Crippen molar-refractivity contribution < 1.29 is 14.0 Å². The van der Waals surface area contributed by atoms with Gasteiger partial charge in [0.15, 0.2) is 0 Å². The van der Waals surface area contributed by atoms with E-state index in [0.29, 0.717) is 23.6 Å². The Bertz CT molecular complexity index is 869. The summed E-state index contributed by atoms with van der Waals surface area (Å²) in [6, 6.07) is 10.7. The fraction of sp³-hybridized carbons (Fsp3) is 0.391. The van der Waals surface area contributed by atoms with Gasteiger partial charge in [-0.3, -0.25) is 9.59 Å². The van der Waals surface area contributed by atoms with Gasteiger partial charge >= 0.3 is 0 Å². The van der Waals surface area contributed by atoms with Gasteiger partial charge in [-0.2, -0.15) is 0 Å². The van der Waals surface area contributed by atoms with E-state index in [9.17, 15) is 14.0 Å². The zero-order chi connectivity index (χ0) is 22.3. The number of hydrogen-bond donors (Lipinski definition) is 1. The standard InChI is InChI=1S/C23H27Cl2FN2O2/c1-4-21(23(30)27-13-15(2)3)28(14-16-8-5-6-9-18(16)24)22(29)12-17-19(25)10-7-11-20(17)26/h5-11,15,21H,4,12-14H2,1-3H3,(H,27,30). The van der Waals surface area contributed by atoms with Gasteiger partial charge in [0, 0.05) is 28.7 Å². The molecule has 2 aromatic carbocycles. The molecule has 0 aliphatic heterocycles. The number of benzene rings is 2. The van der Waals surface area contributed by atoms with Gasteiger partial charge in [0.2, 0.25) is 11.8 Å². The number of carbonyl (C=O) groups excluding carboxylic acids is 2. The Morgan fingerprint density at radius 3 is 2.33 bits per heavy atom. The maximum atomic E-state index is 14.3. The van der Waals surface area contributed by atoms with Gasteiger partial charge < -0.3 is 10.2 Å². The highest BCUT2D eigenvalue weighted by Crippen LogP contribution is 2.23. The van der Waals surface area contributed by atoms with Crippen molar-refractivity contribution in [1.29, 1.82) is 0 Å². The van der Waals surface area contributed by atoms with Gasteiger partial charge in [-0.25, -0.2) is 4.39 Å². The molecule has 0 radical (unpaired) electrons. The van der Waals surface area contributed by atoms with E-state index in [2.05, 4.69) is 5.32 Å². The molecule has 0 aromatic heterocycles. The third-order valence-electron chi connectivity index (χ3n) is 4.76. The minimum Gasteiger partial charge on any atom is -0.354 e. The van der Waals surface area contributed by atoms with E-state index in [1.165, 1.54) is 23.1 Å². The van der Waals surface area contributed by atoms with Crippen LogP contribution in [0.5, 0.6) is 0 Å². The van der Waals surface area contributed by atoms with Crippen molar-refractivity contribution in [1.82, 2.24) is 10.2 Å². The van der Waals surface area contributed by atoms with Crippen LogP contribution in [0.15, 0.2) is 42.5 Å². The summed E-state index contributed by atoms with van der Waals surface area (Å²) in [4.78, 5) is 27.6. The van der Waals surface area contributed by atoms with Gasteiger partial charge in [-0.15, -0.1) is 0 Å². The minimum absolute atomic E-state index is 0.116. The Morgan fingerprint density at radius 2 is 1.73 bits per heavy atom. The minimum atomic E-state index is -0.710. The number of nitrogens with zero attached hydrogens (tertiary/aromatic N) is 1. The number of halogens is 3. The second kappa shape index (κ2) is 11.3. The molecule has 2 rings (SSSR count). The van der Waals surface area contributed by atoms with E-state index in [4.69, 9.17) is 23.2 Å². The van der Waals surface area contributed by atoms with E-state index in [1.807, 2.05) is 26.8 Å². The van der Waals surface area contributed by atoms with E-state index < -0.39 is 17.8 Å². The fourth-order valence-electron chi connectivity index (χ4n) is 3.11. The van der Waals surface area contributed by atoms with Gasteiger partial charge in [-0.1, -0.05) is 68.2 Å². The normalized spacial score (nSPS) is 12.0. The monoisotopic (exact) mass is 452 g/mol. The average Bonchev–Trinajstić information content (AvgIpc) is 2.70. The molecule has 0 aliphatic rings. The summed E-state index contributed by atoms with van der Waals surface area (Å²) in [6.45, 7) is 6.46. The van der Waals surface area contributed by atoms with Crippen LogP contribution < -0.4 is 5.32 Å². The lowest BCUT2D eigenvalue weighted by Gasteiger charge is -2.31. The second-order valence-electron chi connectivity index (χ2n) is 7.55. The lowest BCUT2D eigenvalue weighted by Crippen LogP contribution is -2.50. The fourth-order valence-corrected chi connectivity index (χ4v) is 3.53. The molecule has 0 bridgehead atoms. The van der Waals surface area contributed by atoms with Crippen LogP contribution in [0.2, 0.25) is 10.0 Å². The van der Waals surface area contributed by atoms with Crippen LogP contribution in [0.1, 0.15) is 38.3 Å². The highest BCUT2D eigenvalue weighted by Gasteiger charge is 2.30. The van der Waals surface area contributed by atoms with Crippen molar-refractivity contribution in [2.24, 2.45) is 5.92 Å². The zero-order valence-corrected chi connectivity index (χ0v) is 18.9. The maximum Gasteiger partial charge on any atom is 0.242 e. The van der Waals surface area contributed by atoms with E-state index in [0.717, 1.165) is 0 Å². The number of nitrogens with one attached hydrogen (secondary N) is 1. The molecule has 0 saturated heterocycles. The van der Waals surface area contributed by atoms with Crippen LogP contribution in [0.25, 0.3) is 0 Å². The van der Waals surface area contributed by atoms with Crippen LogP contribution in [0.4, 0.5) is 4.39 Å². The van der Waals surface area contributed by atoms with Crippen molar-refractivity contribution in [3.63, 3.8) is 0 Å². The first-order chi connectivity index (χ1) is 14.2. The summed E-state index contributed by atoms with van der Waals surface area (Å²) in [5.74, 6) is -0.915. The molecule has 1 atom stereocenters. The molecule has 0 saturated carbocycles. The lowest BCUT2D eigenvalue weighted by molar-refractivity contribution is -0.141. The summed E-state index contributed by atoms with van der Waals surface area (Å²) in [6.07, 6.45) is 0.162. The Kier molecular flexibility index (Phi) is 9.12. The maximum absolute atomic E-state index is 14.3. The lowest BCUT2D eigenvalue weighted by atomic mass is 10.1. The van der Waals surface area contributed by atoms with Gasteiger partial charge in [0.25, 0.3) is 0 Å². The van der Waals surface area contributed by atoms with Crippen LogP contribution in [0.3, 0.4) is 0 Å². The molecule has 30 heavy (non-hydrogen) atoms. The van der Waals surface area contributed by atoms with Crippen molar-refractivity contribution >= 4 is 35.0 Å². The summed E-state index contributed by atoms with van der Waals surface area (Å²) in [7, 11) is 0. The predicted molar refractivity (Wildman–Crippen MR) is 119 cm³/mol. The van der Waals surface area contributed by atoms with Crippen LogP contribution in [-0.4, -0.2) is 29.3 Å². The van der Waals surface area contributed by atoms with Gasteiger partial charge in [0.1, 0.15) is 11.9 Å². The quantitative estimate of drug-likeness (QED) is 0.564. The van der Waals surface area contributed by atoms with Gasteiger partial charge in [-0.05, 0) is 36.1 Å². The predicted octanol–water partition coefficient (Wildman–Crippen LogP) is 5.25. The molecule has 0 spiro atoms. The SMILES string of the molecule is CCC(C(=O)NCC(C)C)N(Cc1ccccc1Cl)C(=O)Cc1c(F)cccc1Cl. The summed E-state index contributed by atoms with van der Waals surface area (Å²) < 4.78 is 14.3. The summed E-state index contributed by atoms with van der Waals surface area (Å²) in [5, 5.41) is 3.57. The first-order valence-corrected chi connectivity index (χ1v) is 10.7. The molecular formula is C23H27Cl2FN2O2. The third kappa shape index (κ3) is 6.44. The second-order valence-corrected chi connectivity index (χ2v) is 8.37. The average molecular weight is 453 g/mol. The van der Waals surface area contributed by atoms with Gasteiger partial charge in [0.05, 0.1) is 6.42 Å². The molecule has 2 amide bonds. The highest BCUT2D eigenvalue weighted by atomic mass is 35.5. The highest BCUT2D eigenvalue weighted by molar-refractivity contribution is 6.31. The Balaban J connectivity index is 2.35. The van der Waals surface area contributed by atoms with Crippen molar-refractivity contribution in [3.8, 4) is 0 Å². The number of rotatable bonds is 9. The Hall–Kier alpha value is -2.11. The first kappa shape index (κ1) is 24.2.